The molecule has 1 N–H and O–H groups in total. The molecular formula is C23H24N3O4+. The fourth-order valence-electron chi connectivity index (χ4n) is 4.50. The number of rotatable bonds is 5. The Labute approximate surface area is 173 Å². The lowest BCUT2D eigenvalue weighted by atomic mass is 9.99. The lowest BCUT2D eigenvalue weighted by Crippen LogP contribution is -3.14. The third kappa shape index (κ3) is 3.30. The number of amides is 1. The third-order valence-corrected chi connectivity index (χ3v) is 6.02. The van der Waals surface area contributed by atoms with E-state index >= 15 is 0 Å². The summed E-state index contributed by atoms with van der Waals surface area (Å²) in [6, 6.07) is 10.4. The van der Waals surface area contributed by atoms with Crippen molar-refractivity contribution in [1.29, 1.82) is 0 Å². The number of hydrogen-bond acceptors (Lipinski definition) is 5. The largest absolute Gasteiger partial charge is 0.450 e. The highest BCUT2D eigenvalue weighted by Gasteiger charge is 2.42. The summed E-state index contributed by atoms with van der Waals surface area (Å²) in [6.45, 7) is 5.09. The first-order valence-electron chi connectivity index (χ1n) is 10.4. The molecule has 3 aromatic rings. The molecule has 0 spiro atoms. The number of aromatic nitrogens is 1. The summed E-state index contributed by atoms with van der Waals surface area (Å²) in [5, 5.41) is 0.503. The number of morpholine rings is 1. The number of nitrogens with one attached hydrogen (secondary N) is 1. The van der Waals surface area contributed by atoms with Crippen LogP contribution in [0.1, 0.15) is 34.1 Å². The van der Waals surface area contributed by atoms with Crippen LogP contribution >= 0.6 is 0 Å². The SMILES string of the molecule is O=C1c2oc3ccccc3c(=O)c2[C@@H](c2ccncc2)N1CCC[NH+]1CCOCC1. The average molecular weight is 406 g/mol. The van der Waals surface area contributed by atoms with E-state index in [-0.39, 0.29) is 17.1 Å². The maximum atomic E-state index is 13.3. The summed E-state index contributed by atoms with van der Waals surface area (Å²) in [4.78, 5) is 34.0. The van der Waals surface area contributed by atoms with Gasteiger partial charge in [0, 0.05) is 25.4 Å². The van der Waals surface area contributed by atoms with Gasteiger partial charge in [-0.3, -0.25) is 14.6 Å². The van der Waals surface area contributed by atoms with Crippen molar-refractivity contribution < 1.29 is 18.8 Å². The van der Waals surface area contributed by atoms with Crippen molar-refractivity contribution in [2.45, 2.75) is 12.5 Å². The van der Waals surface area contributed by atoms with Crippen molar-refractivity contribution in [3.8, 4) is 0 Å². The number of hydrogen-bond donors (Lipinski definition) is 1. The minimum absolute atomic E-state index is 0.136. The maximum absolute atomic E-state index is 13.3. The van der Waals surface area contributed by atoms with Crippen LogP contribution in [0.4, 0.5) is 0 Å². The number of pyridine rings is 1. The van der Waals surface area contributed by atoms with Gasteiger partial charge in [0.1, 0.15) is 18.7 Å². The second-order valence-electron chi connectivity index (χ2n) is 7.82. The molecule has 0 unspecified atom stereocenters. The van der Waals surface area contributed by atoms with Gasteiger partial charge in [0.05, 0.1) is 36.8 Å². The van der Waals surface area contributed by atoms with Gasteiger partial charge >= 0.3 is 0 Å². The van der Waals surface area contributed by atoms with E-state index in [2.05, 4.69) is 4.98 Å². The standard InChI is InChI=1S/C23H23N3O4/c27-21-17-4-1-2-5-18(17)30-22-19(21)20(16-6-8-24-9-7-16)26(23(22)28)11-3-10-25-12-14-29-15-13-25/h1-2,4-9,20H,3,10-15H2/p+1/t20-/m1/s1. The van der Waals surface area contributed by atoms with Gasteiger partial charge < -0.3 is 19.0 Å². The third-order valence-electron chi connectivity index (χ3n) is 6.02. The molecule has 4 heterocycles. The van der Waals surface area contributed by atoms with Gasteiger partial charge in [-0.1, -0.05) is 12.1 Å². The zero-order valence-electron chi connectivity index (χ0n) is 16.7. The van der Waals surface area contributed by atoms with Crippen molar-refractivity contribution in [2.75, 3.05) is 39.4 Å². The molecule has 0 radical (unpaired) electrons. The number of fused-ring (bicyclic) bond motifs is 2. The Balaban J connectivity index is 1.51. The summed E-state index contributed by atoms with van der Waals surface area (Å²) in [5.74, 6) is -0.0501. The molecule has 2 aromatic heterocycles. The van der Waals surface area contributed by atoms with Gasteiger partial charge in [-0.15, -0.1) is 0 Å². The molecule has 1 fully saturated rings. The topological polar surface area (TPSA) is 77.1 Å². The van der Waals surface area contributed by atoms with Crippen LogP contribution in [-0.2, 0) is 4.74 Å². The zero-order chi connectivity index (χ0) is 20.5. The quantitative estimate of drug-likeness (QED) is 0.685. The van der Waals surface area contributed by atoms with Crippen LogP contribution in [0.2, 0.25) is 0 Å². The van der Waals surface area contributed by atoms with Crippen LogP contribution in [-0.4, -0.2) is 55.2 Å². The molecular weight excluding hydrogens is 382 g/mol. The second-order valence-corrected chi connectivity index (χ2v) is 7.82. The van der Waals surface area contributed by atoms with Gasteiger partial charge in [-0.25, -0.2) is 0 Å². The van der Waals surface area contributed by atoms with Gasteiger partial charge in [0.2, 0.25) is 5.76 Å². The van der Waals surface area contributed by atoms with E-state index in [4.69, 9.17) is 9.15 Å². The molecule has 2 aliphatic rings. The number of nitrogens with zero attached hydrogens (tertiary/aromatic N) is 2. The van der Waals surface area contributed by atoms with Crippen molar-refractivity contribution in [3.63, 3.8) is 0 Å². The van der Waals surface area contributed by atoms with Gasteiger partial charge in [-0.05, 0) is 29.8 Å². The Hall–Kier alpha value is -3.03. The van der Waals surface area contributed by atoms with Crippen molar-refractivity contribution in [3.05, 3.63) is 75.9 Å². The Kier molecular flexibility index (Phi) is 5.06. The van der Waals surface area contributed by atoms with E-state index < -0.39 is 6.04 Å². The van der Waals surface area contributed by atoms with Gasteiger partial charge in [0.25, 0.3) is 5.91 Å². The van der Waals surface area contributed by atoms with E-state index in [1.165, 1.54) is 4.90 Å². The highest BCUT2D eigenvalue weighted by atomic mass is 16.5. The van der Waals surface area contributed by atoms with E-state index in [0.29, 0.717) is 23.1 Å². The molecule has 1 aromatic carbocycles. The number of quaternary nitrogens is 1. The molecule has 0 aliphatic carbocycles. The summed E-state index contributed by atoms with van der Waals surface area (Å²) in [7, 11) is 0. The number of ether oxygens (including phenoxy) is 1. The Morgan fingerprint density at radius 2 is 1.83 bits per heavy atom. The fraction of sp³-hybridized carbons (Fsp3) is 0.348. The predicted octanol–water partition coefficient (Wildman–Crippen LogP) is 1.04. The minimum Gasteiger partial charge on any atom is -0.450 e. The van der Waals surface area contributed by atoms with Crippen molar-refractivity contribution in [1.82, 2.24) is 9.88 Å². The first-order valence-corrected chi connectivity index (χ1v) is 10.4. The fourth-order valence-corrected chi connectivity index (χ4v) is 4.50. The lowest BCUT2D eigenvalue weighted by Gasteiger charge is -2.27. The molecule has 5 rings (SSSR count). The maximum Gasteiger partial charge on any atom is 0.290 e. The average Bonchev–Trinajstić information content (AvgIpc) is 3.07. The number of carbonyl (C=O) groups excluding carboxylic acids is 1. The molecule has 7 nitrogen and oxygen atoms in total. The molecule has 154 valence electrons. The molecule has 0 bridgehead atoms. The number of carbonyl (C=O) groups is 1. The number of para-hydroxylation sites is 1. The molecule has 1 atom stereocenters. The summed E-state index contributed by atoms with van der Waals surface area (Å²) >= 11 is 0. The Bertz CT molecular complexity index is 1120. The normalized spacial score (nSPS) is 19.4. The van der Waals surface area contributed by atoms with Crippen LogP contribution in [0.15, 0.2) is 58.0 Å². The van der Waals surface area contributed by atoms with Gasteiger partial charge in [0.15, 0.2) is 5.43 Å². The summed E-state index contributed by atoms with van der Waals surface area (Å²) in [5.41, 5.74) is 1.62. The Morgan fingerprint density at radius 3 is 2.63 bits per heavy atom. The van der Waals surface area contributed by atoms with Crippen LogP contribution in [0.5, 0.6) is 0 Å². The molecule has 1 amide bonds. The monoisotopic (exact) mass is 406 g/mol. The van der Waals surface area contributed by atoms with Crippen molar-refractivity contribution >= 4 is 16.9 Å². The first kappa shape index (κ1) is 19.0. The lowest BCUT2D eigenvalue weighted by molar-refractivity contribution is -0.908. The Morgan fingerprint density at radius 1 is 1.07 bits per heavy atom. The number of benzene rings is 1. The first-order chi connectivity index (χ1) is 14.7. The van der Waals surface area contributed by atoms with Gasteiger partial charge in [-0.2, -0.15) is 0 Å². The zero-order valence-corrected chi connectivity index (χ0v) is 16.7. The highest BCUT2D eigenvalue weighted by Crippen LogP contribution is 2.37. The van der Waals surface area contributed by atoms with E-state index in [0.717, 1.165) is 44.8 Å². The van der Waals surface area contributed by atoms with E-state index in [9.17, 15) is 9.59 Å². The molecule has 2 aliphatic heterocycles. The van der Waals surface area contributed by atoms with Crippen LogP contribution in [0.3, 0.4) is 0 Å². The molecule has 1 saturated heterocycles. The molecule has 0 saturated carbocycles. The minimum atomic E-state index is -0.448. The van der Waals surface area contributed by atoms with Crippen LogP contribution in [0.25, 0.3) is 11.0 Å². The molecule has 30 heavy (non-hydrogen) atoms. The summed E-state index contributed by atoms with van der Waals surface area (Å²) in [6.07, 6.45) is 4.23. The van der Waals surface area contributed by atoms with Crippen molar-refractivity contribution in [2.24, 2.45) is 0 Å². The van der Waals surface area contributed by atoms with E-state index in [1.54, 1.807) is 35.5 Å². The predicted molar refractivity (Wildman–Crippen MR) is 111 cm³/mol. The smallest absolute Gasteiger partial charge is 0.290 e. The molecule has 7 heteroatoms. The van der Waals surface area contributed by atoms with Crippen LogP contribution < -0.4 is 10.3 Å². The highest BCUT2D eigenvalue weighted by molar-refractivity contribution is 5.99. The van der Waals surface area contributed by atoms with E-state index in [1.807, 2.05) is 18.2 Å². The second kappa shape index (κ2) is 8.01. The summed E-state index contributed by atoms with van der Waals surface area (Å²) < 4.78 is 11.4. The van der Waals surface area contributed by atoms with Crippen LogP contribution in [0, 0.1) is 0 Å².